The normalized spacial score (nSPS) is 17.1. The molecule has 0 radical (unpaired) electrons. The molecule has 2 aromatic carbocycles. The van der Waals surface area contributed by atoms with Gasteiger partial charge in [0, 0.05) is 30.0 Å². The molecule has 0 unspecified atom stereocenters. The van der Waals surface area contributed by atoms with Crippen molar-refractivity contribution >= 4 is 22.8 Å². The van der Waals surface area contributed by atoms with Crippen LogP contribution in [0.5, 0.6) is 0 Å². The Hall–Kier alpha value is -3.92. The fraction of sp³-hybridized carbons (Fsp3) is 0.321. The van der Waals surface area contributed by atoms with Crippen LogP contribution < -0.4 is 5.32 Å². The minimum absolute atomic E-state index is 0.0612. The van der Waals surface area contributed by atoms with Gasteiger partial charge in [0.1, 0.15) is 23.5 Å². The lowest BCUT2D eigenvalue weighted by Crippen LogP contribution is -2.53. The number of carbonyl (C=O) groups excluding carboxylic acids is 1. The average Bonchev–Trinajstić information content (AvgIpc) is 3.33. The summed E-state index contributed by atoms with van der Waals surface area (Å²) >= 11 is 0. The number of fused-ring (bicyclic) bond motifs is 1. The fourth-order valence-corrected chi connectivity index (χ4v) is 5.11. The van der Waals surface area contributed by atoms with Crippen molar-refractivity contribution in [1.29, 1.82) is 0 Å². The highest BCUT2D eigenvalue weighted by molar-refractivity contribution is 5.90. The molecule has 2 aromatic heterocycles. The highest BCUT2D eigenvalue weighted by atomic mass is 19.1. The molecular formula is C28H27F3N6O. The molecule has 7 nitrogen and oxygen atoms in total. The number of amides is 2. The largest absolute Gasteiger partial charge is 0.322 e. The molecule has 2 saturated heterocycles. The zero-order valence-corrected chi connectivity index (χ0v) is 20.7. The summed E-state index contributed by atoms with van der Waals surface area (Å²) in [5.41, 5.74) is 3.31. The van der Waals surface area contributed by atoms with Gasteiger partial charge in [-0.3, -0.25) is 4.90 Å². The molecule has 4 aromatic rings. The lowest BCUT2D eigenvalue weighted by Gasteiger charge is -2.34. The third kappa shape index (κ3) is 5.08. The second-order valence-electron chi connectivity index (χ2n) is 10.0. The fourth-order valence-electron chi connectivity index (χ4n) is 5.11. The van der Waals surface area contributed by atoms with Crippen molar-refractivity contribution in [2.24, 2.45) is 0 Å². The summed E-state index contributed by atoms with van der Waals surface area (Å²) < 4.78 is 42.4. The quantitative estimate of drug-likeness (QED) is 0.390. The van der Waals surface area contributed by atoms with Gasteiger partial charge in [-0.25, -0.2) is 27.6 Å². The summed E-state index contributed by atoms with van der Waals surface area (Å²) in [5.74, 6) is -0.349. The first-order valence-corrected chi connectivity index (χ1v) is 12.7. The molecule has 10 heteroatoms. The summed E-state index contributed by atoms with van der Waals surface area (Å²) in [4.78, 5) is 20.5. The minimum Gasteiger partial charge on any atom is -0.319 e. The number of likely N-dealkylation sites (tertiary alicyclic amines) is 2. The molecule has 0 atom stereocenters. The Kier molecular flexibility index (Phi) is 6.49. The lowest BCUT2D eigenvalue weighted by molar-refractivity contribution is 0.0974. The number of halogens is 3. The van der Waals surface area contributed by atoms with E-state index in [0.29, 0.717) is 17.3 Å². The number of nitrogens with one attached hydrogen (secondary N) is 1. The van der Waals surface area contributed by atoms with E-state index in [9.17, 15) is 18.0 Å². The van der Waals surface area contributed by atoms with Crippen LogP contribution in [0.2, 0.25) is 0 Å². The molecule has 38 heavy (non-hydrogen) atoms. The van der Waals surface area contributed by atoms with Gasteiger partial charge in [0.15, 0.2) is 5.65 Å². The van der Waals surface area contributed by atoms with E-state index in [0.717, 1.165) is 49.0 Å². The molecule has 1 N–H and O–H groups in total. The smallest absolute Gasteiger partial charge is 0.319 e. The maximum absolute atomic E-state index is 14.7. The van der Waals surface area contributed by atoms with Crippen molar-refractivity contribution < 1.29 is 18.0 Å². The van der Waals surface area contributed by atoms with Crippen LogP contribution in [-0.2, 0) is 6.54 Å². The van der Waals surface area contributed by atoms with Crippen LogP contribution in [0.15, 0.2) is 60.9 Å². The summed E-state index contributed by atoms with van der Waals surface area (Å²) in [6.45, 7) is 2.80. The molecule has 196 valence electrons. The van der Waals surface area contributed by atoms with Crippen LogP contribution in [0.25, 0.3) is 16.7 Å². The Balaban J connectivity index is 1.14. The number of nitrogens with zero attached hydrogens (tertiary/aromatic N) is 5. The summed E-state index contributed by atoms with van der Waals surface area (Å²) in [6, 6.07) is 12.5. The van der Waals surface area contributed by atoms with E-state index in [1.807, 2.05) is 18.3 Å². The molecule has 0 bridgehead atoms. The number of alkyl halides is 1. The van der Waals surface area contributed by atoms with Gasteiger partial charge in [-0.2, -0.15) is 0 Å². The number of pyridine rings is 1. The Morgan fingerprint density at radius 1 is 1.03 bits per heavy atom. The van der Waals surface area contributed by atoms with Gasteiger partial charge < -0.3 is 10.2 Å². The van der Waals surface area contributed by atoms with Crippen molar-refractivity contribution in [3.8, 4) is 5.69 Å². The zero-order valence-electron chi connectivity index (χ0n) is 20.7. The van der Waals surface area contributed by atoms with Crippen LogP contribution in [-0.4, -0.2) is 62.9 Å². The second-order valence-corrected chi connectivity index (χ2v) is 10.0. The van der Waals surface area contributed by atoms with Crippen molar-refractivity contribution in [2.75, 3.05) is 31.5 Å². The number of benzene rings is 2. The SMILES string of the molecule is O=C(Nc1ccc(F)c(-n2cc3cc(C4CCN(Cc5ccc(F)cc5)CC4)cnc3n2)c1)N1CC(F)C1. The second kappa shape index (κ2) is 10.1. The van der Waals surface area contributed by atoms with E-state index in [4.69, 9.17) is 0 Å². The molecule has 2 aliphatic rings. The maximum Gasteiger partial charge on any atom is 0.322 e. The molecule has 0 aliphatic carbocycles. The monoisotopic (exact) mass is 520 g/mol. The minimum atomic E-state index is -0.993. The van der Waals surface area contributed by atoms with E-state index in [2.05, 4.69) is 26.4 Å². The lowest BCUT2D eigenvalue weighted by atomic mass is 9.90. The highest BCUT2D eigenvalue weighted by Crippen LogP contribution is 2.30. The highest BCUT2D eigenvalue weighted by Gasteiger charge is 2.30. The number of hydrogen-bond donors (Lipinski definition) is 1. The third-order valence-corrected chi connectivity index (χ3v) is 7.33. The molecule has 4 heterocycles. The Labute approximate surface area is 217 Å². The van der Waals surface area contributed by atoms with Crippen LogP contribution in [0.4, 0.5) is 23.7 Å². The Morgan fingerprint density at radius 2 is 1.79 bits per heavy atom. The molecule has 6 rings (SSSR count). The van der Waals surface area contributed by atoms with Gasteiger partial charge in [-0.05, 0) is 79.4 Å². The number of rotatable bonds is 5. The van der Waals surface area contributed by atoms with Gasteiger partial charge in [0.2, 0.25) is 0 Å². The number of aromatic nitrogens is 3. The van der Waals surface area contributed by atoms with Crippen LogP contribution >= 0.6 is 0 Å². The Morgan fingerprint density at radius 3 is 2.53 bits per heavy atom. The van der Waals surface area contributed by atoms with E-state index in [-0.39, 0.29) is 24.6 Å². The molecule has 0 spiro atoms. The van der Waals surface area contributed by atoms with Gasteiger partial charge in [-0.1, -0.05) is 12.1 Å². The first-order valence-electron chi connectivity index (χ1n) is 12.7. The topological polar surface area (TPSA) is 66.3 Å². The average molecular weight is 521 g/mol. The van der Waals surface area contributed by atoms with Crippen molar-refractivity contribution in [3.05, 3.63) is 83.7 Å². The molecule has 2 fully saturated rings. The van der Waals surface area contributed by atoms with Crippen molar-refractivity contribution in [1.82, 2.24) is 24.6 Å². The zero-order chi connectivity index (χ0) is 26.2. The predicted molar refractivity (Wildman–Crippen MR) is 138 cm³/mol. The van der Waals surface area contributed by atoms with E-state index in [1.54, 1.807) is 6.20 Å². The molecule has 2 amide bonds. The van der Waals surface area contributed by atoms with Crippen LogP contribution in [0, 0.1) is 11.6 Å². The van der Waals surface area contributed by atoms with Gasteiger partial charge in [0.25, 0.3) is 0 Å². The Bertz CT molecular complexity index is 1460. The number of piperidine rings is 1. The summed E-state index contributed by atoms with van der Waals surface area (Å²) in [6.07, 6.45) is 4.56. The first-order chi connectivity index (χ1) is 18.4. The van der Waals surface area contributed by atoms with Crippen molar-refractivity contribution in [2.45, 2.75) is 31.5 Å². The molecule has 0 saturated carbocycles. The summed E-state index contributed by atoms with van der Waals surface area (Å²) in [7, 11) is 0. The maximum atomic E-state index is 14.7. The first kappa shape index (κ1) is 24.4. The number of hydrogen-bond acceptors (Lipinski definition) is 4. The van der Waals surface area contributed by atoms with Crippen LogP contribution in [0.1, 0.15) is 29.9 Å². The van der Waals surface area contributed by atoms with Gasteiger partial charge >= 0.3 is 6.03 Å². The van der Waals surface area contributed by atoms with Crippen LogP contribution in [0.3, 0.4) is 0 Å². The van der Waals surface area contributed by atoms with E-state index >= 15 is 0 Å². The number of anilines is 1. The van der Waals surface area contributed by atoms with E-state index in [1.165, 1.54) is 39.9 Å². The van der Waals surface area contributed by atoms with Gasteiger partial charge in [-0.15, -0.1) is 5.10 Å². The van der Waals surface area contributed by atoms with Crippen molar-refractivity contribution in [3.63, 3.8) is 0 Å². The van der Waals surface area contributed by atoms with Gasteiger partial charge in [0.05, 0.1) is 13.1 Å². The van der Waals surface area contributed by atoms with E-state index < -0.39 is 18.0 Å². The predicted octanol–water partition coefficient (Wildman–Crippen LogP) is 5.26. The molecule has 2 aliphatic heterocycles. The third-order valence-electron chi connectivity index (χ3n) is 7.33. The number of urea groups is 1. The number of carbonyl (C=O) groups is 1. The molecular weight excluding hydrogens is 493 g/mol. The standard InChI is InChI=1S/C28H27F3N6O/c29-22-3-1-18(2-4-22)14-35-9-7-19(8-10-35)20-11-21-15-37(34-27(21)32-13-20)26-12-24(5-6-25(26)31)33-28(38)36-16-23(30)17-36/h1-6,11-13,15,19,23H,7-10,14,16-17H2,(H,33,38). The summed E-state index contributed by atoms with van der Waals surface area (Å²) in [5, 5.41) is 7.94.